The zero-order valence-electron chi connectivity index (χ0n) is 15.8. The quantitative estimate of drug-likeness (QED) is 0.695. The van der Waals surface area contributed by atoms with E-state index in [1.54, 1.807) is 6.07 Å². The summed E-state index contributed by atoms with van der Waals surface area (Å²) in [5.41, 5.74) is 2.87. The molecule has 0 radical (unpaired) electrons. The molecule has 6 nitrogen and oxygen atoms in total. The molecule has 0 aliphatic heterocycles. The van der Waals surface area contributed by atoms with Crippen LogP contribution < -0.4 is 14.8 Å². The molecule has 0 aromatic heterocycles. The van der Waals surface area contributed by atoms with Crippen LogP contribution in [0.2, 0.25) is 0 Å². The third-order valence-electron chi connectivity index (χ3n) is 3.79. The Labute approximate surface area is 163 Å². The van der Waals surface area contributed by atoms with Gasteiger partial charge in [0.05, 0.1) is 38.3 Å². The highest BCUT2D eigenvalue weighted by Crippen LogP contribution is 2.33. The lowest BCUT2D eigenvalue weighted by molar-refractivity contribution is -0.113. The fourth-order valence-electron chi connectivity index (χ4n) is 2.51. The molecule has 144 valence electrons. The van der Waals surface area contributed by atoms with Crippen LogP contribution in [0.25, 0.3) is 0 Å². The molecular formula is C20H23NO5S. The number of hydrogen-bond acceptors (Lipinski definition) is 6. The van der Waals surface area contributed by atoms with Gasteiger partial charge in [-0.2, -0.15) is 0 Å². The van der Waals surface area contributed by atoms with Gasteiger partial charge in [0.1, 0.15) is 0 Å². The Morgan fingerprint density at radius 1 is 1.04 bits per heavy atom. The highest BCUT2D eigenvalue weighted by Gasteiger charge is 2.19. The number of rotatable bonds is 8. The molecular weight excluding hydrogens is 366 g/mol. The van der Waals surface area contributed by atoms with E-state index < -0.39 is 5.97 Å². The lowest BCUT2D eigenvalue weighted by Crippen LogP contribution is -2.17. The molecule has 2 aromatic carbocycles. The SMILES string of the molecule is COC(=O)c1cc(OC)c(OC)cc1NC(=O)CSCc1cccc(C)c1. The zero-order valence-corrected chi connectivity index (χ0v) is 16.6. The van der Waals surface area contributed by atoms with Crippen molar-refractivity contribution in [2.75, 3.05) is 32.4 Å². The maximum Gasteiger partial charge on any atom is 0.340 e. The van der Waals surface area contributed by atoms with E-state index >= 15 is 0 Å². The van der Waals surface area contributed by atoms with Crippen LogP contribution in [0.1, 0.15) is 21.5 Å². The number of benzene rings is 2. The maximum atomic E-state index is 12.3. The first-order valence-corrected chi connectivity index (χ1v) is 9.41. The number of aryl methyl sites for hydroxylation is 1. The number of ether oxygens (including phenoxy) is 3. The van der Waals surface area contributed by atoms with Crippen molar-refractivity contribution in [3.63, 3.8) is 0 Å². The molecule has 2 aromatic rings. The number of nitrogens with one attached hydrogen (secondary N) is 1. The average molecular weight is 389 g/mol. The van der Waals surface area contributed by atoms with Gasteiger partial charge in [0, 0.05) is 17.9 Å². The van der Waals surface area contributed by atoms with E-state index in [0.717, 1.165) is 11.3 Å². The molecule has 0 saturated carbocycles. The van der Waals surface area contributed by atoms with E-state index in [1.807, 2.05) is 25.1 Å². The number of methoxy groups -OCH3 is 3. The van der Waals surface area contributed by atoms with Gasteiger partial charge < -0.3 is 19.5 Å². The van der Waals surface area contributed by atoms with Crippen LogP contribution in [0, 0.1) is 6.92 Å². The van der Waals surface area contributed by atoms with E-state index in [2.05, 4.69) is 11.4 Å². The van der Waals surface area contributed by atoms with Crippen molar-refractivity contribution in [2.45, 2.75) is 12.7 Å². The topological polar surface area (TPSA) is 73.9 Å². The number of amides is 1. The molecule has 0 fully saturated rings. The maximum absolute atomic E-state index is 12.3. The minimum Gasteiger partial charge on any atom is -0.493 e. The summed E-state index contributed by atoms with van der Waals surface area (Å²) in [5.74, 6) is 0.981. The molecule has 0 unspecified atom stereocenters. The van der Waals surface area contributed by atoms with E-state index in [4.69, 9.17) is 14.2 Å². The summed E-state index contributed by atoms with van der Waals surface area (Å²) in [6.07, 6.45) is 0. The van der Waals surface area contributed by atoms with Crippen LogP contribution in [0.5, 0.6) is 11.5 Å². The largest absolute Gasteiger partial charge is 0.493 e. The third kappa shape index (κ3) is 5.65. The second-order valence-electron chi connectivity index (χ2n) is 5.77. The summed E-state index contributed by atoms with van der Waals surface area (Å²) in [6.45, 7) is 2.03. The molecule has 0 aliphatic carbocycles. The average Bonchev–Trinajstić information content (AvgIpc) is 2.67. The Balaban J connectivity index is 2.07. The van der Waals surface area contributed by atoms with Crippen LogP contribution >= 0.6 is 11.8 Å². The predicted molar refractivity (Wildman–Crippen MR) is 107 cm³/mol. The molecule has 27 heavy (non-hydrogen) atoms. The van der Waals surface area contributed by atoms with Gasteiger partial charge in [0.25, 0.3) is 0 Å². The molecule has 0 aliphatic rings. The Bertz CT molecular complexity index is 822. The Morgan fingerprint density at radius 3 is 2.37 bits per heavy atom. The number of carbonyl (C=O) groups excluding carboxylic acids is 2. The van der Waals surface area contributed by atoms with E-state index in [0.29, 0.717) is 17.2 Å². The molecule has 2 rings (SSSR count). The van der Waals surface area contributed by atoms with Crippen LogP contribution in [0.15, 0.2) is 36.4 Å². The molecule has 7 heteroatoms. The normalized spacial score (nSPS) is 10.2. The van der Waals surface area contributed by atoms with E-state index in [-0.39, 0.29) is 17.2 Å². The minimum atomic E-state index is -0.571. The van der Waals surface area contributed by atoms with Crippen molar-refractivity contribution < 1.29 is 23.8 Å². The lowest BCUT2D eigenvalue weighted by atomic mass is 10.1. The summed E-state index contributed by atoms with van der Waals surface area (Å²) in [7, 11) is 4.24. The first-order valence-electron chi connectivity index (χ1n) is 8.26. The van der Waals surface area contributed by atoms with Gasteiger partial charge in [0.2, 0.25) is 5.91 Å². The van der Waals surface area contributed by atoms with Crippen LogP contribution in [0.4, 0.5) is 5.69 Å². The highest BCUT2D eigenvalue weighted by molar-refractivity contribution is 7.99. The molecule has 0 atom stereocenters. The van der Waals surface area contributed by atoms with Crippen LogP contribution in [-0.4, -0.2) is 39.0 Å². The summed E-state index contributed by atoms with van der Waals surface area (Å²) in [6, 6.07) is 11.2. The standard InChI is InChI=1S/C20H23NO5S/c1-13-6-5-7-14(8-13)11-27-12-19(22)21-16-10-18(25-3)17(24-2)9-15(16)20(23)26-4/h5-10H,11-12H2,1-4H3,(H,21,22). The summed E-state index contributed by atoms with van der Waals surface area (Å²) in [4.78, 5) is 24.4. The minimum absolute atomic E-state index is 0.201. The smallest absolute Gasteiger partial charge is 0.340 e. The molecule has 0 saturated heterocycles. The molecule has 1 N–H and O–H groups in total. The second kappa shape index (κ2) is 9.87. The molecule has 0 spiro atoms. The van der Waals surface area contributed by atoms with Crippen molar-refractivity contribution in [3.8, 4) is 11.5 Å². The number of thioether (sulfide) groups is 1. The Hall–Kier alpha value is -2.67. The van der Waals surface area contributed by atoms with Gasteiger partial charge >= 0.3 is 5.97 Å². The van der Waals surface area contributed by atoms with Gasteiger partial charge in [-0.1, -0.05) is 29.8 Å². The van der Waals surface area contributed by atoms with Gasteiger partial charge in [0.15, 0.2) is 11.5 Å². The van der Waals surface area contributed by atoms with Crippen molar-refractivity contribution in [3.05, 3.63) is 53.1 Å². The Morgan fingerprint density at radius 2 is 1.74 bits per heavy atom. The lowest BCUT2D eigenvalue weighted by Gasteiger charge is -2.14. The number of hydrogen-bond donors (Lipinski definition) is 1. The predicted octanol–water partition coefficient (Wildman–Crippen LogP) is 3.67. The fourth-order valence-corrected chi connectivity index (χ4v) is 3.29. The van der Waals surface area contributed by atoms with Gasteiger partial charge in [-0.05, 0) is 12.5 Å². The number of carbonyl (C=O) groups is 2. The van der Waals surface area contributed by atoms with E-state index in [1.165, 1.54) is 44.7 Å². The zero-order chi connectivity index (χ0) is 19.8. The summed E-state index contributed by atoms with van der Waals surface area (Å²) >= 11 is 1.50. The van der Waals surface area contributed by atoms with Crippen LogP contribution in [0.3, 0.4) is 0 Å². The van der Waals surface area contributed by atoms with Crippen molar-refractivity contribution >= 4 is 29.3 Å². The Kier molecular flexibility index (Phi) is 7.55. The van der Waals surface area contributed by atoms with Crippen molar-refractivity contribution in [2.24, 2.45) is 0 Å². The first-order chi connectivity index (χ1) is 13.0. The van der Waals surface area contributed by atoms with Crippen molar-refractivity contribution in [1.82, 2.24) is 0 Å². The van der Waals surface area contributed by atoms with E-state index in [9.17, 15) is 9.59 Å². The number of esters is 1. The monoisotopic (exact) mass is 389 g/mol. The molecule has 1 amide bonds. The fraction of sp³-hybridized carbons (Fsp3) is 0.300. The van der Waals surface area contributed by atoms with Gasteiger partial charge in [-0.15, -0.1) is 11.8 Å². The summed E-state index contributed by atoms with van der Waals surface area (Å²) in [5, 5.41) is 2.75. The molecule has 0 bridgehead atoms. The van der Waals surface area contributed by atoms with Gasteiger partial charge in [-0.3, -0.25) is 4.79 Å². The van der Waals surface area contributed by atoms with Crippen molar-refractivity contribution in [1.29, 1.82) is 0 Å². The van der Waals surface area contributed by atoms with Gasteiger partial charge in [-0.25, -0.2) is 4.79 Å². The summed E-state index contributed by atoms with van der Waals surface area (Å²) < 4.78 is 15.2. The highest BCUT2D eigenvalue weighted by atomic mass is 32.2. The number of anilines is 1. The molecule has 0 heterocycles. The third-order valence-corrected chi connectivity index (χ3v) is 4.79. The first kappa shape index (κ1) is 20.6. The second-order valence-corrected chi connectivity index (χ2v) is 6.76. The van der Waals surface area contributed by atoms with Crippen LogP contribution in [-0.2, 0) is 15.3 Å².